The molecular formula is C40H64N5O7P. The van der Waals surface area contributed by atoms with Crippen molar-refractivity contribution in [3.8, 4) is 11.8 Å². The van der Waals surface area contributed by atoms with E-state index in [9.17, 15) is 20.0 Å². The number of aliphatic imine (C=N–C) groups is 1. The van der Waals surface area contributed by atoms with Crippen LogP contribution in [0.5, 0.6) is 5.75 Å². The van der Waals surface area contributed by atoms with Crippen LogP contribution in [0.4, 0.5) is 0 Å². The highest BCUT2D eigenvalue weighted by Gasteiger charge is 2.57. The molecule has 12 nitrogen and oxygen atoms in total. The molecule has 1 aliphatic rings. The molecule has 0 bridgehead atoms. The number of H-pyrrole nitrogens is 1. The summed E-state index contributed by atoms with van der Waals surface area (Å²) >= 11 is 0. The van der Waals surface area contributed by atoms with Crippen molar-refractivity contribution in [1.82, 2.24) is 4.98 Å². The molecule has 6 N–H and O–H groups in total. The number of ether oxygens (including phenoxy) is 1. The van der Waals surface area contributed by atoms with Crippen LogP contribution >= 0.6 is 7.82 Å². The monoisotopic (exact) mass is 757 g/mol. The normalized spacial score (nSPS) is 21.3. The molecule has 53 heavy (non-hydrogen) atoms. The number of phosphoric ester groups is 1. The lowest BCUT2D eigenvalue weighted by molar-refractivity contribution is -0.0629. The summed E-state index contributed by atoms with van der Waals surface area (Å²) in [5, 5.41) is 39.0. The van der Waals surface area contributed by atoms with E-state index in [0.29, 0.717) is 12.1 Å². The first-order valence-corrected chi connectivity index (χ1v) is 21.4. The van der Waals surface area contributed by atoms with Gasteiger partial charge in [-0.15, -0.1) is 0 Å². The van der Waals surface area contributed by atoms with E-state index in [1.807, 2.05) is 6.07 Å². The molecule has 0 radical (unpaired) electrons. The molecule has 0 spiro atoms. The predicted molar refractivity (Wildman–Crippen MR) is 209 cm³/mol. The Morgan fingerprint density at radius 1 is 0.887 bits per heavy atom. The van der Waals surface area contributed by atoms with Crippen LogP contribution in [-0.2, 0) is 24.0 Å². The van der Waals surface area contributed by atoms with Crippen molar-refractivity contribution >= 4 is 20.0 Å². The number of nitriles is 1. The van der Waals surface area contributed by atoms with Gasteiger partial charge in [0.05, 0.1) is 24.6 Å². The van der Waals surface area contributed by atoms with Crippen LogP contribution in [-0.4, -0.2) is 58.9 Å². The van der Waals surface area contributed by atoms with Gasteiger partial charge in [0.2, 0.25) is 5.60 Å². The molecule has 0 aliphatic carbocycles. The van der Waals surface area contributed by atoms with Crippen molar-refractivity contribution < 1.29 is 33.1 Å². The van der Waals surface area contributed by atoms with Gasteiger partial charge in [0.1, 0.15) is 42.3 Å². The number of para-hydroxylation sites is 1. The van der Waals surface area contributed by atoms with E-state index in [4.69, 9.17) is 29.5 Å². The number of aromatic amines is 1. The van der Waals surface area contributed by atoms with E-state index in [1.54, 1.807) is 30.3 Å². The highest BCUT2D eigenvalue weighted by molar-refractivity contribution is 7.48. The summed E-state index contributed by atoms with van der Waals surface area (Å²) in [4.78, 5) is 6.56. The molecular weight excluding hydrogens is 693 g/mol. The van der Waals surface area contributed by atoms with Crippen molar-refractivity contribution in [3.05, 3.63) is 53.9 Å². The van der Waals surface area contributed by atoms with Crippen LogP contribution < -0.4 is 10.3 Å². The number of nitrogens with zero attached hydrogens (tertiary/aromatic N) is 2. The topological polar surface area (TPSA) is 196 Å². The van der Waals surface area contributed by atoms with E-state index < -0.39 is 38.3 Å². The minimum atomic E-state index is -4.19. The van der Waals surface area contributed by atoms with Gasteiger partial charge in [-0.1, -0.05) is 147 Å². The van der Waals surface area contributed by atoms with Crippen LogP contribution in [0.3, 0.4) is 0 Å². The summed E-state index contributed by atoms with van der Waals surface area (Å²) in [5.41, 5.74) is 4.24. The number of benzene rings is 1. The second-order valence-corrected chi connectivity index (χ2v) is 15.7. The highest BCUT2D eigenvalue weighted by atomic mass is 31.2. The number of aromatic nitrogens is 1. The first-order valence-electron chi connectivity index (χ1n) is 19.9. The quantitative estimate of drug-likeness (QED) is 0.0223. The predicted octanol–water partition coefficient (Wildman–Crippen LogP) is 9.21. The molecule has 1 aliphatic heterocycles. The zero-order valence-corrected chi connectivity index (χ0v) is 32.7. The lowest BCUT2D eigenvalue weighted by Gasteiger charge is -2.24. The number of aliphatic hydroxyl groups is 2. The van der Waals surface area contributed by atoms with E-state index in [0.717, 1.165) is 25.6 Å². The number of nitrogens with one attached hydrogen (secondary N) is 2. The van der Waals surface area contributed by atoms with Gasteiger partial charge in [0.25, 0.3) is 0 Å². The zero-order chi connectivity index (χ0) is 38.2. The second-order valence-electron chi connectivity index (χ2n) is 14.1. The fourth-order valence-corrected chi connectivity index (χ4v) is 7.87. The Balaban J connectivity index is 1.34. The number of hydrogen-bond donors (Lipinski definition) is 5. The van der Waals surface area contributed by atoms with Gasteiger partial charge in [-0.3, -0.25) is 14.5 Å². The molecule has 13 heteroatoms. The number of phosphoric acid groups is 1. The molecule has 1 aromatic heterocycles. The third-order valence-corrected chi connectivity index (χ3v) is 11.2. The molecule has 3 rings (SSSR count). The maximum atomic E-state index is 13.8. The average molecular weight is 758 g/mol. The molecule has 0 amide bonds. The molecule has 2 aromatic rings. The maximum Gasteiger partial charge on any atom is 0.530 e. The van der Waals surface area contributed by atoms with E-state index in [-0.39, 0.29) is 23.9 Å². The minimum absolute atomic E-state index is 0.0105. The molecule has 296 valence electrons. The van der Waals surface area contributed by atoms with E-state index >= 15 is 0 Å². The Morgan fingerprint density at radius 3 is 1.92 bits per heavy atom. The largest absolute Gasteiger partial charge is 0.530 e. The molecule has 2 heterocycles. The van der Waals surface area contributed by atoms with Gasteiger partial charge in [0, 0.05) is 0 Å². The second kappa shape index (κ2) is 25.1. The van der Waals surface area contributed by atoms with Crippen molar-refractivity contribution in [1.29, 1.82) is 10.7 Å². The van der Waals surface area contributed by atoms with Crippen molar-refractivity contribution in [2.75, 3.05) is 13.2 Å². The summed E-state index contributed by atoms with van der Waals surface area (Å²) in [7, 11) is -4.19. The lowest BCUT2D eigenvalue weighted by atomic mass is 9.93. The van der Waals surface area contributed by atoms with E-state index in [1.165, 1.54) is 115 Å². The van der Waals surface area contributed by atoms with Crippen LogP contribution in [0, 0.1) is 16.7 Å². The standard InChI is InChI=1S/C40H64N5O7P/c1-2-3-4-5-6-7-8-9-10-11-12-13-14-15-16-17-18-19-20-24-29-49-53(48,52-33-25-22-21-23-26-33)50-30-35-37(46)38(47)40(31-41,51-35)36-28-27-34(45-36)39(43)44-32-42/h21-23,25-28,32,35,37-38,45-47H,2-20,24,29-30H2,1H3,(H3,42,43,44). The summed E-state index contributed by atoms with van der Waals surface area (Å²) in [6, 6.07) is 13.4. The Bertz CT molecular complexity index is 1420. The van der Waals surface area contributed by atoms with Crippen LogP contribution in [0.15, 0.2) is 47.5 Å². The smallest absolute Gasteiger partial charge is 0.404 e. The minimum Gasteiger partial charge on any atom is -0.404 e. The molecule has 1 saturated heterocycles. The Kier molecular flexibility index (Phi) is 21.0. The number of rotatable bonds is 30. The van der Waals surface area contributed by atoms with Crippen molar-refractivity contribution in [2.24, 2.45) is 10.7 Å². The van der Waals surface area contributed by atoms with Crippen molar-refractivity contribution in [3.63, 3.8) is 0 Å². The lowest BCUT2D eigenvalue weighted by Crippen LogP contribution is -2.40. The molecule has 1 fully saturated rings. The van der Waals surface area contributed by atoms with Gasteiger partial charge in [-0.05, 0) is 30.7 Å². The zero-order valence-electron chi connectivity index (χ0n) is 31.8. The van der Waals surface area contributed by atoms with Gasteiger partial charge in [0.15, 0.2) is 0 Å². The SMILES string of the molecule is CCCCCCCCCCCCCCCCCCCCCCOP(=O)(OCC1OC(C#N)(c2ccc(C(N)=NC=N)[nH]2)C(O)C1O)Oc1ccccc1. The summed E-state index contributed by atoms with van der Waals surface area (Å²) in [5.74, 6) is 0.269. The third kappa shape index (κ3) is 15.3. The third-order valence-electron chi connectivity index (χ3n) is 9.79. The molecule has 5 atom stereocenters. The molecule has 1 aromatic carbocycles. The Labute approximate surface area is 317 Å². The number of hydrogen-bond acceptors (Lipinski definition) is 9. The summed E-state index contributed by atoms with van der Waals surface area (Å²) < 4.78 is 36.7. The fraction of sp³-hybridized carbons (Fsp3) is 0.675. The Morgan fingerprint density at radius 2 is 1.42 bits per heavy atom. The van der Waals surface area contributed by atoms with E-state index in [2.05, 4.69) is 16.9 Å². The number of amidine groups is 1. The molecule has 0 saturated carbocycles. The van der Waals surface area contributed by atoms with Gasteiger partial charge in [-0.25, -0.2) is 9.56 Å². The first kappa shape index (κ1) is 44.4. The van der Waals surface area contributed by atoms with Crippen LogP contribution in [0.2, 0.25) is 0 Å². The van der Waals surface area contributed by atoms with Crippen molar-refractivity contribution in [2.45, 2.75) is 159 Å². The van der Waals surface area contributed by atoms with Gasteiger partial charge in [-0.2, -0.15) is 5.26 Å². The summed E-state index contributed by atoms with van der Waals surface area (Å²) in [6.07, 6.45) is 21.8. The highest BCUT2D eigenvalue weighted by Crippen LogP contribution is 2.51. The number of nitrogens with two attached hydrogens (primary N) is 1. The van der Waals surface area contributed by atoms with Crippen LogP contribution in [0.25, 0.3) is 0 Å². The fourth-order valence-electron chi connectivity index (χ4n) is 6.63. The number of unbranched alkanes of at least 4 members (excludes halogenated alkanes) is 19. The average Bonchev–Trinajstić information content (AvgIpc) is 3.75. The first-order chi connectivity index (χ1) is 25.8. The maximum absolute atomic E-state index is 13.8. The van der Waals surface area contributed by atoms with Gasteiger partial charge >= 0.3 is 7.82 Å². The van der Waals surface area contributed by atoms with Gasteiger partial charge < -0.3 is 30.2 Å². The van der Waals surface area contributed by atoms with Crippen LogP contribution in [0.1, 0.15) is 147 Å². The Hall–Kier alpha value is -3.04. The number of aliphatic hydroxyl groups excluding tert-OH is 2. The molecule has 5 unspecified atom stereocenters. The summed E-state index contributed by atoms with van der Waals surface area (Å²) in [6.45, 7) is 1.93.